The average Bonchev–Trinajstić information content (AvgIpc) is 3.09. The second-order valence-corrected chi connectivity index (χ2v) is 5.53. The fraction of sp³-hybridized carbons (Fsp3) is 0.368. The van der Waals surface area contributed by atoms with E-state index in [1.54, 1.807) is 0 Å². The molecule has 0 bridgehead atoms. The van der Waals surface area contributed by atoms with Crippen LogP contribution in [0, 0.1) is 0 Å². The van der Waals surface area contributed by atoms with Crippen molar-refractivity contribution in [3.8, 4) is 11.5 Å². The van der Waals surface area contributed by atoms with E-state index in [9.17, 15) is 0 Å². The van der Waals surface area contributed by atoms with Crippen LogP contribution in [0.5, 0.6) is 11.5 Å². The Morgan fingerprint density at radius 3 is 2.64 bits per heavy atom. The van der Waals surface area contributed by atoms with E-state index in [2.05, 4.69) is 29.6 Å². The number of nitrogens with one attached hydrogen (secondary N) is 1. The zero-order chi connectivity index (χ0) is 15.2. The first-order valence-corrected chi connectivity index (χ1v) is 8.04. The van der Waals surface area contributed by atoms with Crippen LogP contribution in [0.3, 0.4) is 0 Å². The summed E-state index contributed by atoms with van der Waals surface area (Å²) < 4.78 is 11.9. The highest BCUT2D eigenvalue weighted by Crippen LogP contribution is 2.38. The molecule has 1 N–H and O–H groups in total. The van der Waals surface area contributed by atoms with Crippen LogP contribution in [0.15, 0.2) is 48.5 Å². The molecule has 1 heterocycles. The van der Waals surface area contributed by atoms with Crippen molar-refractivity contribution in [2.24, 2.45) is 0 Å². The molecule has 1 fully saturated rings. The Hall–Kier alpha value is -2.00. The summed E-state index contributed by atoms with van der Waals surface area (Å²) in [4.78, 5) is 0. The van der Waals surface area contributed by atoms with Crippen molar-refractivity contribution in [2.45, 2.75) is 32.4 Å². The normalized spacial score (nSPS) is 17.4. The summed E-state index contributed by atoms with van der Waals surface area (Å²) in [5.74, 6) is 1.72. The summed E-state index contributed by atoms with van der Waals surface area (Å²) in [6, 6.07) is 16.8. The lowest BCUT2D eigenvalue weighted by atomic mass is 10.0. The smallest absolute Gasteiger partial charge is 0.166 e. The van der Waals surface area contributed by atoms with Gasteiger partial charge in [-0.2, -0.15) is 0 Å². The Balaban J connectivity index is 1.85. The van der Waals surface area contributed by atoms with Gasteiger partial charge in [-0.15, -0.1) is 0 Å². The zero-order valence-corrected chi connectivity index (χ0v) is 13.0. The van der Waals surface area contributed by atoms with E-state index in [0.29, 0.717) is 19.3 Å². The van der Waals surface area contributed by atoms with E-state index in [4.69, 9.17) is 9.47 Å². The van der Waals surface area contributed by atoms with Crippen molar-refractivity contribution >= 4 is 0 Å². The van der Waals surface area contributed by atoms with E-state index >= 15 is 0 Å². The van der Waals surface area contributed by atoms with Crippen LogP contribution in [0.1, 0.15) is 36.9 Å². The number of hydrogen-bond donors (Lipinski definition) is 1. The minimum Gasteiger partial charge on any atom is -0.490 e. The standard InChI is InChI=1S/C19H23NO2/c1-2-21-18-12-6-10-16(17-11-7-13-20-17)19(18)22-14-15-8-4-3-5-9-15/h3-6,8-10,12,17,20H,2,7,11,13-14H2,1H3. The van der Waals surface area contributed by atoms with E-state index in [1.807, 2.05) is 31.2 Å². The second-order valence-electron chi connectivity index (χ2n) is 5.53. The molecule has 0 saturated carbocycles. The van der Waals surface area contributed by atoms with Gasteiger partial charge in [0, 0.05) is 11.6 Å². The number of hydrogen-bond acceptors (Lipinski definition) is 3. The van der Waals surface area contributed by atoms with Crippen LogP contribution in [-0.2, 0) is 6.61 Å². The Morgan fingerprint density at radius 2 is 1.91 bits per heavy atom. The Labute approximate surface area is 132 Å². The molecular weight excluding hydrogens is 274 g/mol. The van der Waals surface area contributed by atoms with Gasteiger partial charge in [-0.25, -0.2) is 0 Å². The molecule has 2 aromatic rings. The predicted octanol–water partition coefficient (Wildman–Crippen LogP) is 4.09. The van der Waals surface area contributed by atoms with Gasteiger partial charge in [-0.05, 0) is 37.9 Å². The predicted molar refractivity (Wildman–Crippen MR) is 88.4 cm³/mol. The van der Waals surface area contributed by atoms with Crippen molar-refractivity contribution in [1.29, 1.82) is 0 Å². The second kappa shape index (κ2) is 7.32. The fourth-order valence-electron chi connectivity index (χ4n) is 2.91. The van der Waals surface area contributed by atoms with Gasteiger partial charge < -0.3 is 14.8 Å². The molecule has 1 unspecified atom stereocenters. The molecule has 3 nitrogen and oxygen atoms in total. The van der Waals surface area contributed by atoms with Gasteiger partial charge >= 0.3 is 0 Å². The van der Waals surface area contributed by atoms with E-state index in [-0.39, 0.29) is 0 Å². The topological polar surface area (TPSA) is 30.5 Å². The molecule has 2 aromatic carbocycles. The van der Waals surface area contributed by atoms with Crippen LogP contribution in [0.2, 0.25) is 0 Å². The lowest BCUT2D eigenvalue weighted by Gasteiger charge is -2.19. The first-order chi connectivity index (χ1) is 10.9. The van der Waals surface area contributed by atoms with Gasteiger partial charge in [0.05, 0.1) is 6.61 Å². The molecule has 1 aliphatic rings. The first kappa shape index (κ1) is 14.9. The summed E-state index contributed by atoms with van der Waals surface area (Å²) in [6.07, 6.45) is 2.36. The fourth-order valence-corrected chi connectivity index (χ4v) is 2.91. The van der Waals surface area contributed by atoms with Gasteiger partial charge in [0.25, 0.3) is 0 Å². The van der Waals surface area contributed by atoms with Crippen molar-refractivity contribution in [1.82, 2.24) is 5.32 Å². The van der Waals surface area contributed by atoms with Crippen LogP contribution >= 0.6 is 0 Å². The molecule has 0 aliphatic carbocycles. The molecule has 116 valence electrons. The highest BCUT2D eigenvalue weighted by Gasteiger charge is 2.22. The molecule has 1 atom stereocenters. The van der Waals surface area contributed by atoms with Gasteiger partial charge in [0.2, 0.25) is 0 Å². The van der Waals surface area contributed by atoms with Gasteiger partial charge in [0.15, 0.2) is 11.5 Å². The molecule has 0 aromatic heterocycles. The van der Waals surface area contributed by atoms with E-state index in [0.717, 1.165) is 24.5 Å². The summed E-state index contributed by atoms with van der Waals surface area (Å²) in [5.41, 5.74) is 2.37. The maximum absolute atomic E-state index is 6.15. The van der Waals surface area contributed by atoms with Gasteiger partial charge in [-0.3, -0.25) is 0 Å². The lowest BCUT2D eigenvalue weighted by molar-refractivity contribution is 0.264. The molecule has 3 heteroatoms. The van der Waals surface area contributed by atoms with Crippen molar-refractivity contribution in [3.05, 3.63) is 59.7 Å². The number of para-hydroxylation sites is 1. The Bertz CT molecular complexity index is 592. The molecule has 0 amide bonds. The van der Waals surface area contributed by atoms with E-state index in [1.165, 1.54) is 17.5 Å². The summed E-state index contributed by atoms with van der Waals surface area (Å²) in [7, 11) is 0. The van der Waals surface area contributed by atoms with Crippen LogP contribution in [0.25, 0.3) is 0 Å². The first-order valence-electron chi connectivity index (χ1n) is 8.04. The van der Waals surface area contributed by atoms with Crippen molar-refractivity contribution < 1.29 is 9.47 Å². The molecule has 0 radical (unpaired) electrons. The monoisotopic (exact) mass is 297 g/mol. The van der Waals surface area contributed by atoms with Gasteiger partial charge in [-0.1, -0.05) is 42.5 Å². The minimum atomic E-state index is 0.367. The third-order valence-electron chi connectivity index (χ3n) is 3.97. The SMILES string of the molecule is CCOc1cccc(C2CCCN2)c1OCc1ccccc1. The Morgan fingerprint density at radius 1 is 1.05 bits per heavy atom. The third kappa shape index (κ3) is 3.42. The summed E-state index contributed by atoms with van der Waals surface area (Å²) in [5, 5.41) is 3.55. The molecule has 22 heavy (non-hydrogen) atoms. The molecule has 3 rings (SSSR count). The number of benzene rings is 2. The quantitative estimate of drug-likeness (QED) is 0.871. The van der Waals surface area contributed by atoms with Crippen LogP contribution in [0.4, 0.5) is 0 Å². The largest absolute Gasteiger partial charge is 0.490 e. The highest BCUT2D eigenvalue weighted by molar-refractivity contribution is 5.48. The van der Waals surface area contributed by atoms with E-state index < -0.39 is 0 Å². The molecule has 1 saturated heterocycles. The zero-order valence-electron chi connectivity index (χ0n) is 13.0. The summed E-state index contributed by atoms with van der Waals surface area (Å²) in [6.45, 7) is 4.27. The lowest BCUT2D eigenvalue weighted by Crippen LogP contribution is -2.14. The Kier molecular flexibility index (Phi) is 4.96. The maximum atomic E-state index is 6.15. The number of ether oxygens (including phenoxy) is 2. The summed E-state index contributed by atoms with van der Waals surface area (Å²) >= 11 is 0. The molecule has 0 spiro atoms. The maximum Gasteiger partial charge on any atom is 0.166 e. The third-order valence-corrected chi connectivity index (χ3v) is 3.97. The van der Waals surface area contributed by atoms with Gasteiger partial charge in [0.1, 0.15) is 6.61 Å². The minimum absolute atomic E-state index is 0.367. The van der Waals surface area contributed by atoms with Crippen molar-refractivity contribution in [3.63, 3.8) is 0 Å². The average molecular weight is 297 g/mol. The molecule has 1 aliphatic heterocycles. The molecular formula is C19H23NO2. The highest BCUT2D eigenvalue weighted by atomic mass is 16.5. The van der Waals surface area contributed by atoms with Crippen LogP contribution in [-0.4, -0.2) is 13.2 Å². The van der Waals surface area contributed by atoms with Crippen LogP contribution < -0.4 is 14.8 Å². The van der Waals surface area contributed by atoms with Crippen molar-refractivity contribution in [2.75, 3.05) is 13.2 Å². The number of rotatable bonds is 6.